The predicted molar refractivity (Wildman–Crippen MR) is 64.6 cm³/mol. The lowest BCUT2D eigenvalue weighted by Gasteiger charge is -2.31. The fourth-order valence-electron chi connectivity index (χ4n) is 5.21. The fraction of sp³-hybridized carbons (Fsp3) is 0.438. The van der Waals surface area contributed by atoms with E-state index in [1.165, 1.54) is 17.5 Å². The number of ketones is 1. The number of hydrogen-bond donors (Lipinski definition) is 0. The van der Waals surface area contributed by atoms with E-state index in [9.17, 15) is 4.79 Å². The third kappa shape index (κ3) is 0.782. The van der Waals surface area contributed by atoms with Crippen molar-refractivity contribution in [3.05, 3.63) is 47.5 Å². The van der Waals surface area contributed by atoms with Crippen molar-refractivity contribution in [2.24, 2.45) is 23.7 Å². The zero-order valence-corrected chi connectivity index (χ0v) is 9.54. The summed E-state index contributed by atoms with van der Waals surface area (Å²) >= 11 is 0. The van der Waals surface area contributed by atoms with Crippen LogP contribution in [0.25, 0.3) is 0 Å². The van der Waals surface area contributed by atoms with Crippen LogP contribution in [0.5, 0.6) is 0 Å². The molecule has 0 saturated heterocycles. The molecule has 2 fully saturated rings. The van der Waals surface area contributed by atoms with Crippen LogP contribution in [0.1, 0.15) is 29.4 Å². The lowest BCUT2D eigenvalue weighted by atomic mass is 9.71. The zero-order valence-electron chi connectivity index (χ0n) is 9.54. The molecule has 1 aromatic rings. The Kier molecular flexibility index (Phi) is 1.30. The number of Topliss-reactive ketones (excluding diaryl/α,β-unsaturated/α-hetero) is 1. The van der Waals surface area contributed by atoms with Crippen molar-refractivity contribution in [3.63, 3.8) is 0 Å². The Balaban J connectivity index is 1.77. The molecule has 1 nitrogen and oxygen atoms in total. The van der Waals surface area contributed by atoms with Gasteiger partial charge in [0, 0.05) is 11.8 Å². The summed E-state index contributed by atoms with van der Waals surface area (Å²) in [4.78, 5) is 12.5. The molecule has 0 aromatic heterocycles. The number of benzene rings is 1. The summed E-state index contributed by atoms with van der Waals surface area (Å²) in [5.41, 5.74) is 2.70. The minimum atomic E-state index is 0.237. The highest BCUT2D eigenvalue weighted by molar-refractivity contribution is 6.00. The highest BCUT2D eigenvalue weighted by Gasteiger charge is 2.64. The quantitative estimate of drug-likeness (QED) is 0.487. The van der Waals surface area contributed by atoms with Crippen LogP contribution in [0.15, 0.2) is 36.4 Å². The minimum absolute atomic E-state index is 0.237. The van der Waals surface area contributed by atoms with Crippen LogP contribution in [0.4, 0.5) is 0 Å². The van der Waals surface area contributed by atoms with Gasteiger partial charge in [-0.05, 0) is 41.2 Å². The number of rotatable bonds is 0. The molecule has 4 aliphatic rings. The van der Waals surface area contributed by atoms with Crippen molar-refractivity contribution < 1.29 is 4.79 Å². The van der Waals surface area contributed by atoms with Gasteiger partial charge in [0.05, 0.1) is 0 Å². The largest absolute Gasteiger partial charge is 0.298 e. The van der Waals surface area contributed by atoms with Gasteiger partial charge < -0.3 is 0 Å². The van der Waals surface area contributed by atoms with Gasteiger partial charge in [-0.3, -0.25) is 4.79 Å². The maximum atomic E-state index is 12.5. The van der Waals surface area contributed by atoms with E-state index in [-0.39, 0.29) is 11.8 Å². The van der Waals surface area contributed by atoms with Crippen LogP contribution in [0.3, 0.4) is 0 Å². The number of carbonyl (C=O) groups is 1. The van der Waals surface area contributed by atoms with E-state index in [0.29, 0.717) is 29.5 Å². The van der Waals surface area contributed by atoms with Crippen LogP contribution in [0.2, 0.25) is 0 Å². The molecule has 0 heterocycles. The van der Waals surface area contributed by atoms with Gasteiger partial charge in [-0.1, -0.05) is 36.4 Å². The van der Waals surface area contributed by atoms with Crippen LogP contribution >= 0.6 is 0 Å². The summed E-state index contributed by atoms with van der Waals surface area (Å²) in [6.45, 7) is 0. The molecule has 1 heteroatoms. The number of hydrogen-bond acceptors (Lipinski definition) is 1. The Hall–Kier alpha value is -1.37. The Bertz CT molecular complexity index is 524. The van der Waals surface area contributed by atoms with E-state index in [4.69, 9.17) is 0 Å². The third-order valence-corrected chi connectivity index (χ3v) is 5.63. The summed E-state index contributed by atoms with van der Waals surface area (Å²) in [5.74, 6) is 3.66. The third-order valence-electron chi connectivity index (χ3n) is 5.63. The van der Waals surface area contributed by atoms with Crippen molar-refractivity contribution >= 4 is 5.78 Å². The van der Waals surface area contributed by atoms with Gasteiger partial charge in [-0.25, -0.2) is 0 Å². The van der Waals surface area contributed by atoms with Crippen LogP contribution in [0, 0.1) is 23.7 Å². The number of allylic oxidation sites excluding steroid dienone is 2. The van der Waals surface area contributed by atoms with Gasteiger partial charge in [0.25, 0.3) is 0 Å². The van der Waals surface area contributed by atoms with Gasteiger partial charge in [0.2, 0.25) is 0 Å². The molecule has 17 heavy (non-hydrogen) atoms. The highest BCUT2D eigenvalue weighted by atomic mass is 16.1. The Morgan fingerprint density at radius 3 is 1.94 bits per heavy atom. The molecule has 0 amide bonds. The molecule has 6 atom stereocenters. The Morgan fingerprint density at radius 1 is 0.882 bits per heavy atom. The van der Waals surface area contributed by atoms with Gasteiger partial charge in [0.1, 0.15) is 5.78 Å². The molecule has 0 unspecified atom stereocenters. The topological polar surface area (TPSA) is 17.1 Å². The van der Waals surface area contributed by atoms with Gasteiger partial charge in [-0.15, -0.1) is 0 Å². The molecule has 5 rings (SSSR count). The molecule has 0 aliphatic heterocycles. The summed E-state index contributed by atoms with van der Waals surface area (Å²) in [5, 5.41) is 0. The van der Waals surface area contributed by atoms with Gasteiger partial charge in [0.15, 0.2) is 0 Å². The van der Waals surface area contributed by atoms with E-state index in [0.717, 1.165) is 0 Å². The molecular weight excluding hydrogens is 208 g/mol. The molecule has 84 valence electrons. The summed E-state index contributed by atoms with van der Waals surface area (Å²) in [6, 6.07) is 8.55. The first kappa shape index (κ1) is 8.68. The van der Waals surface area contributed by atoms with Crippen molar-refractivity contribution in [1.82, 2.24) is 0 Å². The Morgan fingerprint density at radius 2 is 1.41 bits per heavy atom. The minimum Gasteiger partial charge on any atom is -0.298 e. The monoisotopic (exact) mass is 222 g/mol. The number of carbonyl (C=O) groups excluding carboxylic acids is 1. The first-order valence-electron chi connectivity index (χ1n) is 6.67. The second kappa shape index (κ2) is 2.55. The van der Waals surface area contributed by atoms with Crippen molar-refractivity contribution in [1.29, 1.82) is 0 Å². The SMILES string of the molecule is O=C1[C@@H]2c3ccccc3[C@H]1[C@@H]1[C@H]2[C@H]2C=C[C@@H]1C2. The summed E-state index contributed by atoms with van der Waals surface area (Å²) in [6.07, 6.45) is 6.06. The smallest absolute Gasteiger partial charge is 0.148 e. The summed E-state index contributed by atoms with van der Waals surface area (Å²) in [7, 11) is 0. The Labute approximate surface area is 101 Å². The molecule has 0 spiro atoms. The highest BCUT2D eigenvalue weighted by Crippen LogP contribution is 2.67. The molecule has 0 radical (unpaired) electrons. The number of fused-ring (bicyclic) bond motifs is 12. The van der Waals surface area contributed by atoms with E-state index < -0.39 is 0 Å². The van der Waals surface area contributed by atoms with E-state index in [1.807, 2.05) is 0 Å². The van der Waals surface area contributed by atoms with Crippen molar-refractivity contribution in [2.45, 2.75) is 18.3 Å². The molecule has 0 N–H and O–H groups in total. The van der Waals surface area contributed by atoms with Crippen LogP contribution in [-0.4, -0.2) is 5.78 Å². The maximum Gasteiger partial charge on any atom is 0.148 e. The standard InChI is InChI=1S/C16H14O/c17-16-14-10-3-1-2-4-11(10)15(16)13-9-6-5-8(7-9)12(13)14/h1-6,8-9,12-15H,7H2/t8-,9+,12+,13-,14+,15-. The normalized spacial score (nSPS) is 47.6. The fourth-order valence-corrected chi connectivity index (χ4v) is 5.21. The zero-order chi connectivity index (χ0) is 11.1. The molecule has 4 bridgehead atoms. The average molecular weight is 222 g/mol. The maximum absolute atomic E-state index is 12.5. The average Bonchev–Trinajstić information content (AvgIpc) is 3.06. The molecule has 2 saturated carbocycles. The first-order chi connectivity index (χ1) is 8.36. The van der Waals surface area contributed by atoms with Gasteiger partial charge >= 0.3 is 0 Å². The summed E-state index contributed by atoms with van der Waals surface area (Å²) < 4.78 is 0. The van der Waals surface area contributed by atoms with E-state index >= 15 is 0 Å². The second-order valence-electron chi connectivity index (χ2n) is 6.09. The van der Waals surface area contributed by atoms with E-state index in [2.05, 4.69) is 36.4 Å². The van der Waals surface area contributed by atoms with Gasteiger partial charge in [-0.2, -0.15) is 0 Å². The first-order valence-corrected chi connectivity index (χ1v) is 6.67. The molecule has 4 aliphatic carbocycles. The van der Waals surface area contributed by atoms with Crippen molar-refractivity contribution in [3.8, 4) is 0 Å². The van der Waals surface area contributed by atoms with Crippen LogP contribution < -0.4 is 0 Å². The predicted octanol–water partition coefficient (Wildman–Crippen LogP) is 2.89. The lowest BCUT2D eigenvalue weighted by molar-refractivity contribution is -0.119. The molecular formula is C16H14O. The molecule has 1 aromatic carbocycles. The second-order valence-corrected chi connectivity index (χ2v) is 6.09. The lowest BCUT2D eigenvalue weighted by Crippen LogP contribution is -2.25. The van der Waals surface area contributed by atoms with Crippen molar-refractivity contribution in [2.75, 3.05) is 0 Å². The van der Waals surface area contributed by atoms with E-state index in [1.54, 1.807) is 0 Å². The van der Waals surface area contributed by atoms with Crippen LogP contribution in [-0.2, 0) is 4.79 Å².